The Hall–Kier alpha value is -7.56. The molecule has 4 heteroatoms. The van der Waals surface area contributed by atoms with Crippen molar-refractivity contribution in [2.75, 3.05) is 0 Å². The number of fused-ring (bicyclic) bond motifs is 6. The lowest BCUT2D eigenvalue weighted by atomic mass is 10.0. The fourth-order valence-corrected chi connectivity index (χ4v) is 8.06. The van der Waals surface area contributed by atoms with Crippen LogP contribution in [-0.4, -0.2) is 14.5 Å². The van der Waals surface area contributed by atoms with Crippen LogP contribution in [0, 0.1) is 0 Å². The molecule has 262 valence electrons. The molecular weight excluding hydrogens is 683 g/mol. The predicted molar refractivity (Wildman–Crippen MR) is 231 cm³/mol. The maximum Gasteiger partial charge on any atom is 0.160 e. The first-order valence-corrected chi connectivity index (χ1v) is 18.9. The van der Waals surface area contributed by atoms with Gasteiger partial charge in [0.2, 0.25) is 0 Å². The second-order valence-electron chi connectivity index (χ2n) is 14.2. The van der Waals surface area contributed by atoms with E-state index in [1.54, 1.807) is 0 Å². The van der Waals surface area contributed by atoms with E-state index in [1.165, 1.54) is 16.3 Å². The van der Waals surface area contributed by atoms with E-state index in [2.05, 4.69) is 156 Å². The Kier molecular flexibility index (Phi) is 7.46. The number of benzene rings is 8. The summed E-state index contributed by atoms with van der Waals surface area (Å²) >= 11 is 0. The summed E-state index contributed by atoms with van der Waals surface area (Å²) in [4.78, 5) is 10.2. The minimum Gasteiger partial charge on any atom is -0.456 e. The molecule has 0 N–H and O–H groups in total. The highest BCUT2D eigenvalue weighted by molar-refractivity contribution is 6.10. The third-order valence-electron chi connectivity index (χ3n) is 10.8. The van der Waals surface area contributed by atoms with Gasteiger partial charge in [0.15, 0.2) is 5.82 Å². The number of nitrogens with zero attached hydrogens (tertiary/aromatic N) is 3. The van der Waals surface area contributed by atoms with Crippen LogP contribution in [0.4, 0.5) is 0 Å². The van der Waals surface area contributed by atoms with Gasteiger partial charge in [-0.25, -0.2) is 9.97 Å². The van der Waals surface area contributed by atoms with E-state index < -0.39 is 0 Å². The summed E-state index contributed by atoms with van der Waals surface area (Å²) in [5, 5.41) is 4.72. The summed E-state index contributed by atoms with van der Waals surface area (Å²) < 4.78 is 8.59. The summed E-state index contributed by atoms with van der Waals surface area (Å²) in [5.74, 6) is 0.696. The molecule has 11 aromatic rings. The highest BCUT2D eigenvalue weighted by Gasteiger charge is 2.16. The highest BCUT2D eigenvalue weighted by atomic mass is 16.3. The summed E-state index contributed by atoms with van der Waals surface area (Å²) in [6.07, 6.45) is 0. The number of para-hydroxylation sites is 2. The van der Waals surface area contributed by atoms with Crippen LogP contribution in [0.5, 0.6) is 0 Å². The van der Waals surface area contributed by atoms with Crippen LogP contribution < -0.4 is 0 Å². The van der Waals surface area contributed by atoms with E-state index in [0.29, 0.717) is 5.82 Å². The molecular formula is C52H33N3O. The summed E-state index contributed by atoms with van der Waals surface area (Å²) in [5.41, 5.74) is 14.6. The topological polar surface area (TPSA) is 43.9 Å². The monoisotopic (exact) mass is 715 g/mol. The van der Waals surface area contributed by atoms with Crippen LogP contribution in [0.1, 0.15) is 0 Å². The predicted octanol–water partition coefficient (Wildman–Crippen LogP) is 13.8. The van der Waals surface area contributed by atoms with Gasteiger partial charge in [-0.2, -0.15) is 0 Å². The molecule has 0 radical (unpaired) electrons. The van der Waals surface area contributed by atoms with Crippen molar-refractivity contribution in [3.05, 3.63) is 200 Å². The normalized spacial score (nSPS) is 11.6. The Bertz CT molecular complexity index is 3170. The van der Waals surface area contributed by atoms with Crippen molar-refractivity contribution in [3.8, 4) is 61.8 Å². The zero-order valence-corrected chi connectivity index (χ0v) is 30.3. The van der Waals surface area contributed by atoms with E-state index in [-0.39, 0.29) is 0 Å². The molecule has 0 aliphatic carbocycles. The van der Waals surface area contributed by atoms with Gasteiger partial charge in [-0.3, -0.25) is 0 Å². The third kappa shape index (κ3) is 5.47. The number of furan rings is 1. The summed E-state index contributed by atoms with van der Waals surface area (Å²) in [6.45, 7) is 0. The molecule has 11 rings (SSSR count). The van der Waals surface area contributed by atoms with Gasteiger partial charge in [0.1, 0.15) is 11.2 Å². The van der Waals surface area contributed by atoms with E-state index in [9.17, 15) is 0 Å². The average Bonchev–Trinajstić information content (AvgIpc) is 3.82. The van der Waals surface area contributed by atoms with Crippen molar-refractivity contribution in [3.63, 3.8) is 0 Å². The average molecular weight is 716 g/mol. The first kappa shape index (κ1) is 31.9. The number of hydrogen-bond donors (Lipinski definition) is 0. The molecule has 0 saturated heterocycles. The van der Waals surface area contributed by atoms with Crippen molar-refractivity contribution in [1.29, 1.82) is 0 Å². The van der Waals surface area contributed by atoms with Gasteiger partial charge in [-0.15, -0.1) is 0 Å². The van der Waals surface area contributed by atoms with Gasteiger partial charge < -0.3 is 8.98 Å². The van der Waals surface area contributed by atoms with Crippen molar-refractivity contribution in [2.24, 2.45) is 0 Å². The zero-order chi connectivity index (χ0) is 37.0. The molecule has 0 bridgehead atoms. The molecule has 3 aromatic heterocycles. The van der Waals surface area contributed by atoms with Gasteiger partial charge in [0.05, 0.1) is 22.4 Å². The van der Waals surface area contributed by atoms with Crippen LogP contribution in [0.3, 0.4) is 0 Å². The van der Waals surface area contributed by atoms with Gasteiger partial charge in [0, 0.05) is 43.9 Å². The Morgan fingerprint density at radius 1 is 0.321 bits per heavy atom. The Morgan fingerprint density at radius 2 is 0.857 bits per heavy atom. The lowest BCUT2D eigenvalue weighted by Crippen LogP contribution is -1.96. The number of hydrogen-bond acceptors (Lipinski definition) is 3. The molecule has 0 unspecified atom stereocenters. The van der Waals surface area contributed by atoms with Crippen molar-refractivity contribution in [2.45, 2.75) is 0 Å². The minimum absolute atomic E-state index is 0.696. The molecule has 3 heterocycles. The molecule has 56 heavy (non-hydrogen) atoms. The van der Waals surface area contributed by atoms with Crippen molar-refractivity contribution in [1.82, 2.24) is 14.5 Å². The highest BCUT2D eigenvalue weighted by Crippen LogP contribution is 2.37. The standard InChI is InChI=1S/C52H33N3O/c1-3-12-35(13-4-1)46-33-47(36-14-5-2-6-15-36)54-52(53-46)40-17-11-16-37(30-40)38-24-28-43-42-18-7-9-20-48(42)55(49(43)31-38)41-26-22-34(23-27-41)39-25-29-45-44-19-8-10-21-50(44)56-51(45)32-39/h1-33H. The quantitative estimate of drug-likeness (QED) is 0.172. The second kappa shape index (κ2) is 13.1. The Morgan fingerprint density at radius 3 is 1.61 bits per heavy atom. The number of aromatic nitrogens is 3. The van der Waals surface area contributed by atoms with Crippen molar-refractivity contribution < 1.29 is 4.42 Å². The molecule has 0 saturated carbocycles. The zero-order valence-electron chi connectivity index (χ0n) is 30.3. The molecule has 4 nitrogen and oxygen atoms in total. The second-order valence-corrected chi connectivity index (χ2v) is 14.2. The van der Waals surface area contributed by atoms with Gasteiger partial charge in [-0.05, 0) is 76.9 Å². The van der Waals surface area contributed by atoms with Gasteiger partial charge >= 0.3 is 0 Å². The fourth-order valence-electron chi connectivity index (χ4n) is 8.06. The maximum absolute atomic E-state index is 6.21. The Balaban J connectivity index is 0.996. The molecule has 0 fully saturated rings. The molecule has 0 amide bonds. The van der Waals surface area contributed by atoms with Gasteiger partial charge in [0.25, 0.3) is 0 Å². The fraction of sp³-hybridized carbons (Fsp3) is 0. The van der Waals surface area contributed by atoms with Gasteiger partial charge in [-0.1, -0.05) is 146 Å². The SMILES string of the molecule is c1ccc(-c2cc(-c3ccccc3)nc(-c3cccc(-c4ccc5c6ccccc6n(-c6ccc(-c7ccc8c(c7)oc7ccccc78)cc6)c5c4)c3)n2)cc1. The summed E-state index contributed by atoms with van der Waals surface area (Å²) in [6, 6.07) is 70.3. The van der Waals surface area contributed by atoms with E-state index in [0.717, 1.165) is 83.5 Å². The summed E-state index contributed by atoms with van der Waals surface area (Å²) in [7, 11) is 0. The first-order chi connectivity index (χ1) is 27.7. The van der Waals surface area contributed by atoms with Crippen LogP contribution in [-0.2, 0) is 0 Å². The molecule has 0 aliphatic rings. The van der Waals surface area contributed by atoms with Crippen molar-refractivity contribution >= 4 is 43.7 Å². The van der Waals surface area contributed by atoms with Crippen LogP contribution in [0.25, 0.3) is 106 Å². The van der Waals surface area contributed by atoms with Crippen LogP contribution in [0.15, 0.2) is 205 Å². The molecule has 8 aromatic carbocycles. The maximum atomic E-state index is 6.21. The minimum atomic E-state index is 0.696. The van der Waals surface area contributed by atoms with E-state index in [4.69, 9.17) is 14.4 Å². The van der Waals surface area contributed by atoms with Crippen LogP contribution in [0.2, 0.25) is 0 Å². The van der Waals surface area contributed by atoms with E-state index >= 15 is 0 Å². The third-order valence-corrected chi connectivity index (χ3v) is 10.8. The molecule has 0 atom stereocenters. The largest absolute Gasteiger partial charge is 0.456 e. The lowest BCUT2D eigenvalue weighted by molar-refractivity contribution is 0.669. The Labute approximate surface area is 323 Å². The van der Waals surface area contributed by atoms with E-state index in [1.807, 2.05) is 48.5 Å². The van der Waals surface area contributed by atoms with Crippen LogP contribution >= 0.6 is 0 Å². The molecule has 0 spiro atoms. The lowest BCUT2D eigenvalue weighted by Gasteiger charge is -2.12. The first-order valence-electron chi connectivity index (χ1n) is 18.9. The smallest absolute Gasteiger partial charge is 0.160 e. The molecule has 0 aliphatic heterocycles. The number of rotatable bonds is 6.